The Hall–Kier alpha value is -3.99. The maximum Gasteiger partial charge on any atom is 0.243 e. The smallest absolute Gasteiger partial charge is 0.243 e. The number of nitrogens with zero attached hydrogens (tertiary/aromatic N) is 1. The Kier molecular flexibility index (Phi) is 8.68. The highest BCUT2D eigenvalue weighted by Crippen LogP contribution is 2.22. The molecule has 0 saturated heterocycles. The molecule has 0 aromatic heterocycles. The summed E-state index contributed by atoms with van der Waals surface area (Å²) >= 11 is 0. The van der Waals surface area contributed by atoms with Crippen molar-refractivity contribution < 1.29 is 14.0 Å². The molecule has 0 spiro atoms. The zero-order valence-corrected chi connectivity index (χ0v) is 21.4. The number of fused-ring (bicyclic) bond motifs is 1. The van der Waals surface area contributed by atoms with Crippen molar-refractivity contribution >= 4 is 22.6 Å². The molecule has 1 N–H and O–H groups in total. The van der Waals surface area contributed by atoms with Gasteiger partial charge < -0.3 is 10.2 Å². The molecule has 0 aliphatic rings. The van der Waals surface area contributed by atoms with Crippen molar-refractivity contribution in [3.8, 4) is 0 Å². The lowest BCUT2D eigenvalue weighted by Gasteiger charge is -2.32. The maximum absolute atomic E-state index is 14.7. The van der Waals surface area contributed by atoms with Crippen molar-refractivity contribution in [2.75, 3.05) is 0 Å². The number of rotatable bonds is 10. The molecule has 1 atom stereocenters. The fourth-order valence-corrected chi connectivity index (χ4v) is 4.64. The van der Waals surface area contributed by atoms with Gasteiger partial charge in [0.1, 0.15) is 11.9 Å². The Labute approximate surface area is 218 Å². The Balaban J connectivity index is 1.65. The zero-order valence-electron chi connectivity index (χ0n) is 21.4. The quantitative estimate of drug-likeness (QED) is 0.289. The third kappa shape index (κ3) is 6.82. The van der Waals surface area contributed by atoms with Crippen LogP contribution in [0.4, 0.5) is 4.39 Å². The van der Waals surface area contributed by atoms with Gasteiger partial charge in [-0.25, -0.2) is 4.39 Å². The van der Waals surface area contributed by atoms with Crippen LogP contribution in [0.1, 0.15) is 37.0 Å². The molecule has 4 nitrogen and oxygen atoms in total. The maximum atomic E-state index is 14.7. The van der Waals surface area contributed by atoms with Gasteiger partial charge in [-0.2, -0.15) is 0 Å². The minimum atomic E-state index is -0.774. The molecule has 4 aromatic carbocycles. The Bertz CT molecular complexity index is 1350. The second kappa shape index (κ2) is 12.3. The molecular weight excluding hydrogens is 463 g/mol. The van der Waals surface area contributed by atoms with Crippen molar-refractivity contribution in [3.63, 3.8) is 0 Å². The number of benzene rings is 4. The highest BCUT2D eigenvalue weighted by atomic mass is 19.1. The molecule has 0 heterocycles. The Morgan fingerprint density at radius 3 is 2.22 bits per heavy atom. The first-order valence-electron chi connectivity index (χ1n) is 12.8. The predicted octanol–water partition coefficient (Wildman–Crippen LogP) is 6.08. The van der Waals surface area contributed by atoms with Crippen molar-refractivity contribution in [1.82, 2.24) is 10.2 Å². The summed E-state index contributed by atoms with van der Waals surface area (Å²) in [7, 11) is 0. The molecule has 5 heteroatoms. The SMILES string of the molecule is CC(C)NC(=O)[C@H](Cc1ccccc1)N(Cc1ccccc1F)C(=O)CCc1cccc2ccccc12. The van der Waals surface area contributed by atoms with Gasteiger partial charge in [0.15, 0.2) is 0 Å². The van der Waals surface area contributed by atoms with E-state index in [0.29, 0.717) is 18.4 Å². The van der Waals surface area contributed by atoms with E-state index in [0.717, 1.165) is 21.9 Å². The summed E-state index contributed by atoms with van der Waals surface area (Å²) < 4.78 is 14.7. The molecule has 2 amide bonds. The van der Waals surface area contributed by atoms with Crippen molar-refractivity contribution in [1.29, 1.82) is 0 Å². The summed E-state index contributed by atoms with van der Waals surface area (Å²) in [6.45, 7) is 3.80. The summed E-state index contributed by atoms with van der Waals surface area (Å²) in [5.41, 5.74) is 2.40. The summed E-state index contributed by atoms with van der Waals surface area (Å²) in [5, 5.41) is 5.20. The van der Waals surface area contributed by atoms with Crippen LogP contribution in [0.25, 0.3) is 10.8 Å². The second-order valence-electron chi connectivity index (χ2n) is 9.62. The lowest BCUT2D eigenvalue weighted by Crippen LogP contribution is -2.52. The van der Waals surface area contributed by atoms with Gasteiger partial charge in [-0.1, -0.05) is 91.0 Å². The highest BCUT2D eigenvalue weighted by molar-refractivity contribution is 5.89. The standard InChI is InChI=1S/C32H33FN2O2/c1-23(2)34-32(37)30(21-24-11-4-3-5-12-24)35(22-27-14-7-9-18-29(27)33)31(36)20-19-26-16-10-15-25-13-6-8-17-28(25)26/h3-18,23,30H,19-22H2,1-2H3,(H,34,37)/t30-/m0/s1. The summed E-state index contributed by atoms with van der Waals surface area (Å²) in [6.07, 6.45) is 1.08. The van der Waals surface area contributed by atoms with E-state index >= 15 is 0 Å². The Morgan fingerprint density at radius 1 is 0.811 bits per heavy atom. The number of nitrogens with one attached hydrogen (secondary N) is 1. The molecule has 0 unspecified atom stereocenters. The fourth-order valence-electron chi connectivity index (χ4n) is 4.64. The first-order valence-corrected chi connectivity index (χ1v) is 12.8. The lowest BCUT2D eigenvalue weighted by atomic mass is 9.99. The van der Waals surface area contributed by atoms with E-state index in [1.165, 1.54) is 6.07 Å². The fraction of sp³-hybridized carbons (Fsp3) is 0.250. The number of amides is 2. The third-order valence-electron chi connectivity index (χ3n) is 6.49. The molecule has 0 saturated carbocycles. The molecule has 37 heavy (non-hydrogen) atoms. The van der Waals surface area contributed by atoms with E-state index in [-0.39, 0.29) is 30.8 Å². The molecule has 4 rings (SSSR count). The number of carbonyl (C=O) groups excluding carboxylic acids is 2. The van der Waals surface area contributed by atoms with Crippen LogP contribution in [0.3, 0.4) is 0 Å². The summed E-state index contributed by atoms with van der Waals surface area (Å²) in [5.74, 6) is -0.818. The number of aryl methyl sites for hydroxylation is 1. The van der Waals surface area contributed by atoms with E-state index in [1.54, 1.807) is 23.1 Å². The van der Waals surface area contributed by atoms with Crippen LogP contribution in [0.5, 0.6) is 0 Å². The summed E-state index contributed by atoms with van der Waals surface area (Å²) in [4.78, 5) is 28.8. The minimum absolute atomic E-state index is 0.0179. The average molecular weight is 497 g/mol. The van der Waals surface area contributed by atoms with Crippen LogP contribution < -0.4 is 5.32 Å². The number of carbonyl (C=O) groups is 2. The number of hydrogen-bond acceptors (Lipinski definition) is 2. The van der Waals surface area contributed by atoms with Gasteiger partial charge in [-0.3, -0.25) is 9.59 Å². The molecule has 0 radical (unpaired) electrons. The van der Waals surface area contributed by atoms with Crippen molar-refractivity contribution in [2.24, 2.45) is 0 Å². The molecule has 190 valence electrons. The van der Waals surface area contributed by atoms with Crippen LogP contribution in [-0.2, 0) is 29.0 Å². The first-order chi connectivity index (χ1) is 17.9. The van der Waals surface area contributed by atoms with Crippen LogP contribution in [0, 0.1) is 5.82 Å². The van der Waals surface area contributed by atoms with Gasteiger partial charge in [0.2, 0.25) is 11.8 Å². The van der Waals surface area contributed by atoms with Crippen LogP contribution in [-0.4, -0.2) is 28.8 Å². The molecule has 4 aromatic rings. The minimum Gasteiger partial charge on any atom is -0.352 e. The van der Waals surface area contributed by atoms with E-state index in [4.69, 9.17) is 0 Å². The van der Waals surface area contributed by atoms with Crippen LogP contribution in [0.15, 0.2) is 97.1 Å². The average Bonchev–Trinajstić information content (AvgIpc) is 2.90. The number of hydrogen-bond donors (Lipinski definition) is 1. The van der Waals surface area contributed by atoms with Gasteiger partial charge in [0, 0.05) is 31.0 Å². The highest BCUT2D eigenvalue weighted by Gasteiger charge is 2.31. The van der Waals surface area contributed by atoms with Gasteiger partial charge in [-0.05, 0) is 48.2 Å². The monoisotopic (exact) mass is 496 g/mol. The van der Waals surface area contributed by atoms with Crippen LogP contribution >= 0.6 is 0 Å². The largest absolute Gasteiger partial charge is 0.352 e. The second-order valence-corrected chi connectivity index (χ2v) is 9.62. The van der Waals surface area contributed by atoms with E-state index in [9.17, 15) is 14.0 Å². The lowest BCUT2D eigenvalue weighted by molar-refractivity contribution is -0.141. The Morgan fingerprint density at radius 2 is 1.46 bits per heavy atom. The van der Waals surface area contributed by atoms with Crippen LogP contribution in [0.2, 0.25) is 0 Å². The number of halogens is 1. The van der Waals surface area contributed by atoms with Crippen molar-refractivity contribution in [2.45, 2.75) is 51.7 Å². The van der Waals surface area contributed by atoms with Gasteiger partial charge in [-0.15, -0.1) is 0 Å². The van der Waals surface area contributed by atoms with E-state index in [2.05, 4.69) is 23.5 Å². The third-order valence-corrected chi connectivity index (χ3v) is 6.49. The predicted molar refractivity (Wildman–Crippen MR) is 146 cm³/mol. The van der Waals surface area contributed by atoms with E-state index < -0.39 is 11.9 Å². The molecule has 0 aliphatic heterocycles. The topological polar surface area (TPSA) is 49.4 Å². The van der Waals surface area contributed by atoms with Gasteiger partial charge in [0.25, 0.3) is 0 Å². The molecule has 0 bridgehead atoms. The molecular formula is C32H33FN2O2. The molecule has 0 fully saturated rings. The first kappa shape index (κ1) is 26.1. The normalized spacial score (nSPS) is 11.9. The molecule has 0 aliphatic carbocycles. The summed E-state index contributed by atoms with van der Waals surface area (Å²) in [6, 6.07) is 29.4. The zero-order chi connectivity index (χ0) is 26.2. The van der Waals surface area contributed by atoms with Gasteiger partial charge in [0.05, 0.1) is 0 Å². The van der Waals surface area contributed by atoms with E-state index in [1.807, 2.05) is 68.4 Å². The van der Waals surface area contributed by atoms with Gasteiger partial charge >= 0.3 is 0 Å². The van der Waals surface area contributed by atoms with Crippen molar-refractivity contribution in [3.05, 3.63) is 120 Å².